The van der Waals surface area contributed by atoms with Crippen LogP contribution in [0, 0.1) is 12.3 Å². The molecule has 0 radical (unpaired) electrons. The highest BCUT2D eigenvalue weighted by molar-refractivity contribution is 5.58. The largest absolute Gasteiger partial charge is 0.362 e. The fourth-order valence-corrected chi connectivity index (χ4v) is 5.00. The van der Waals surface area contributed by atoms with Crippen molar-refractivity contribution in [3.05, 3.63) is 78.7 Å². The third-order valence-corrected chi connectivity index (χ3v) is 8.76. The first-order valence-corrected chi connectivity index (χ1v) is 16.0. The highest BCUT2D eigenvalue weighted by atomic mass is 15.3. The molecule has 0 aliphatic carbocycles. The Kier molecular flexibility index (Phi) is 17.0. The van der Waals surface area contributed by atoms with Crippen molar-refractivity contribution in [2.24, 2.45) is 5.41 Å². The van der Waals surface area contributed by atoms with Crippen molar-refractivity contribution in [1.82, 2.24) is 15.1 Å². The Hall–Kier alpha value is -2.30. The summed E-state index contributed by atoms with van der Waals surface area (Å²) in [5.74, 6) is 0.637. The van der Waals surface area contributed by atoms with Crippen molar-refractivity contribution in [3.63, 3.8) is 0 Å². The van der Waals surface area contributed by atoms with Gasteiger partial charge >= 0.3 is 0 Å². The SMILES string of the molecule is C=C(CN1CCC(c2ccc(C)c(N(C)C(=C)C)c2)CC1)N(CC)CNCC(C)(C)CC.C=CCCCC(=C)CC. The molecule has 0 atom stereocenters. The molecule has 41 heavy (non-hydrogen) atoms. The number of likely N-dealkylation sites (N-methyl/N-ethyl adjacent to an activating group) is 1. The molecule has 0 saturated carbocycles. The molecule has 0 amide bonds. The highest BCUT2D eigenvalue weighted by Gasteiger charge is 2.23. The standard InChI is InChI=1S/C28H48N4.C9H16/c1-10-28(7,8)20-29-21-32(11-2)24(6)19-31-16-14-25(15-17-31)26-13-12-23(5)27(18-26)30(9)22(3)4;1-4-6-7-8-9(3)5-2/h12-13,18,25,29H,3,6,10-11,14-17,19-21H2,1-2,4-5,7-9H3;4H,1,3,5-8H2,2H3. The van der Waals surface area contributed by atoms with Gasteiger partial charge in [-0.05, 0) is 107 Å². The zero-order valence-corrected chi connectivity index (χ0v) is 28.2. The van der Waals surface area contributed by atoms with Crippen LogP contribution in [0.5, 0.6) is 0 Å². The monoisotopic (exact) mass is 565 g/mol. The Labute approximate surface area is 255 Å². The van der Waals surface area contributed by atoms with E-state index in [-0.39, 0.29) is 0 Å². The van der Waals surface area contributed by atoms with Crippen LogP contribution in [0.1, 0.15) is 104 Å². The number of hydrogen-bond donors (Lipinski definition) is 1. The lowest BCUT2D eigenvalue weighted by molar-refractivity contribution is 0.199. The maximum atomic E-state index is 4.42. The van der Waals surface area contributed by atoms with Gasteiger partial charge in [0.2, 0.25) is 0 Å². The minimum atomic E-state index is 0.345. The quantitative estimate of drug-likeness (QED) is 0.116. The normalized spacial score (nSPS) is 14.1. The molecule has 0 bridgehead atoms. The summed E-state index contributed by atoms with van der Waals surface area (Å²) in [5, 5.41) is 3.64. The number of aryl methyl sites for hydroxylation is 1. The summed E-state index contributed by atoms with van der Waals surface area (Å²) < 4.78 is 0. The fourth-order valence-electron chi connectivity index (χ4n) is 5.00. The topological polar surface area (TPSA) is 21.8 Å². The van der Waals surface area contributed by atoms with Crippen LogP contribution in [0.3, 0.4) is 0 Å². The Bertz CT molecular complexity index is 952. The Morgan fingerprint density at radius 1 is 1.12 bits per heavy atom. The second-order valence-electron chi connectivity index (χ2n) is 12.7. The van der Waals surface area contributed by atoms with Crippen molar-refractivity contribution in [2.45, 2.75) is 99.3 Å². The maximum Gasteiger partial charge on any atom is 0.0679 e. The second kappa shape index (κ2) is 19.0. The van der Waals surface area contributed by atoms with Gasteiger partial charge in [0, 0.05) is 43.8 Å². The van der Waals surface area contributed by atoms with Crippen LogP contribution in [0.4, 0.5) is 5.69 Å². The van der Waals surface area contributed by atoms with Crippen LogP contribution in [-0.2, 0) is 0 Å². The van der Waals surface area contributed by atoms with Gasteiger partial charge in [-0.15, -0.1) is 6.58 Å². The van der Waals surface area contributed by atoms with Crippen LogP contribution >= 0.6 is 0 Å². The smallest absolute Gasteiger partial charge is 0.0679 e. The number of nitrogens with one attached hydrogen (secondary N) is 1. The maximum absolute atomic E-state index is 4.42. The Morgan fingerprint density at radius 2 is 1.78 bits per heavy atom. The van der Waals surface area contributed by atoms with E-state index in [2.05, 4.69) is 120 Å². The van der Waals surface area contributed by atoms with E-state index in [4.69, 9.17) is 0 Å². The summed E-state index contributed by atoms with van der Waals surface area (Å²) in [6.45, 7) is 37.8. The van der Waals surface area contributed by atoms with E-state index in [1.54, 1.807) is 0 Å². The summed E-state index contributed by atoms with van der Waals surface area (Å²) in [5.41, 5.74) is 8.07. The van der Waals surface area contributed by atoms with Crippen LogP contribution in [0.2, 0.25) is 0 Å². The molecule has 2 rings (SSSR count). The van der Waals surface area contributed by atoms with Gasteiger partial charge < -0.3 is 9.80 Å². The number of benzene rings is 1. The van der Waals surface area contributed by atoms with Crippen LogP contribution in [-0.4, -0.2) is 56.2 Å². The van der Waals surface area contributed by atoms with Gasteiger partial charge in [-0.2, -0.15) is 0 Å². The van der Waals surface area contributed by atoms with E-state index in [1.807, 2.05) is 6.08 Å². The molecule has 1 aromatic carbocycles. The molecule has 1 aliphatic heterocycles. The van der Waals surface area contributed by atoms with Crippen LogP contribution < -0.4 is 10.2 Å². The van der Waals surface area contributed by atoms with E-state index in [0.717, 1.165) is 57.9 Å². The van der Waals surface area contributed by atoms with Crippen molar-refractivity contribution >= 4 is 5.69 Å². The second-order valence-corrected chi connectivity index (χ2v) is 12.7. The van der Waals surface area contributed by atoms with Gasteiger partial charge in [-0.1, -0.05) is 71.2 Å². The molecule has 1 fully saturated rings. The summed E-state index contributed by atoms with van der Waals surface area (Å²) in [6, 6.07) is 6.97. The molecule has 1 saturated heterocycles. The molecule has 1 heterocycles. The summed E-state index contributed by atoms with van der Waals surface area (Å²) in [7, 11) is 2.11. The van der Waals surface area contributed by atoms with Gasteiger partial charge in [0.25, 0.3) is 0 Å². The Morgan fingerprint density at radius 3 is 2.32 bits per heavy atom. The first kappa shape index (κ1) is 36.7. The van der Waals surface area contributed by atoms with E-state index in [0.29, 0.717) is 11.3 Å². The van der Waals surface area contributed by atoms with E-state index in [9.17, 15) is 0 Å². The number of piperidine rings is 1. The first-order chi connectivity index (χ1) is 19.4. The van der Waals surface area contributed by atoms with Crippen molar-refractivity contribution in [3.8, 4) is 0 Å². The third-order valence-electron chi connectivity index (χ3n) is 8.76. The molecule has 4 heteroatoms. The van der Waals surface area contributed by atoms with Crippen molar-refractivity contribution < 1.29 is 0 Å². The molecule has 4 nitrogen and oxygen atoms in total. The Balaban J connectivity index is 0.000000803. The van der Waals surface area contributed by atoms with Gasteiger partial charge in [0.15, 0.2) is 0 Å². The van der Waals surface area contributed by atoms with Crippen LogP contribution in [0.15, 0.2) is 67.6 Å². The van der Waals surface area contributed by atoms with E-state index < -0.39 is 0 Å². The number of likely N-dealkylation sites (tertiary alicyclic amines) is 1. The lowest BCUT2D eigenvalue weighted by Crippen LogP contribution is -2.42. The number of nitrogens with zero attached hydrogens (tertiary/aromatic N) is 3. The molecule has 0 aromatic heterocycles. The lowest BCUT2D eigenvalue weighted by Gasteiger charge is -2.36. The molecule has 1 aliphatic rings. The minimum absolute atomic E-state index is 0.345. The third kappa shape index (κ3) is 13.5. The van der Waals surface area contributed by atoms with Crippen LogP contribution in [0.25, 0.3) is 0 Å². The molecule has 1 N–H and O–H groups in total. The number of rotatable bonds is 17. The average molecular weight is 565 g/mol. The number of anilines is 1. The van der Waals surface area contributed by atoms with Gasteiger partial charge in [0.1, 0.15) is 0 Å². The first-order valence-electron chi connectivity index (χ1n) is 16.0. The van der Waals surface area contributed by atoms with Crippen molar-refractivity contribution in [2.75, 3.05) is 51.3 Å². The van der Waals surface area contributed by atoms with E-state index in [1.165, 1.54) is 60.2 Å². The predicted octanol–water partition coefficient (Wildman–Crippen LogP) is 9.27. The predicted molar refractivity (Wildman–Crippen MR) is 185 cm³/mol. The van der Waals surface area contributed by atoms with Gasteiger partial charge in [0.05, 0.1) is 6.67 Å². The zero-order valence-electron chi connectivity index (χ0n) is 28.2. The summed E-state index contributed by atoms with van der Waals surface area (Å²) >= 11 is 0. The summed E-state index contributed by atoms with van der Waals surface area (Å²) in [6.07, 6.45) is 10.2. The molecule has 0 spiro atoms. The highest BCUT2D eigenvalue weighted by Crippen LogP contribution is 2.32. The summed E-state index contributed by atoms with van der Waals surface area (Å²) in [4.78, 5) is 7.16. The molecule has 232 valence electrons. The van der Waals surface area contributed by atoms with Gasteiger partial charge in [-0.25, -0.2) is 0 Å². The molecule has 0 unspecified atom stereocenters. The van der Waals surface area contributed by atoms with Crippen molar-refractivity contribution in [1.29, 1.82) is 0 Å². The number of unbranched alkanes of at least 4 members (excludes halogenated alkanes) is 1. The molecule has 1 aromatic rings. The minimum Gasteiger partial charge on any atom is -0.362 e. The van der Waals surface area contributed by atoms with E-state index >= 15 is 0 Å². The number of allylic oxidation sites excluding steroid dienone is 3. The molecular formula is C37H64N4. The zero-order chi connectivity index (χ0) is 31.0. The van der Waals surface area contributed by atoms with Gasteiger partial charge in [-0.3, -0.25) is 10.2 Å². The fraction of sp³-hybridized carbons (Fsp3) is 0.622. The number of hydrogen-bond acceptors (Lipinski definition) is 4. The lowest BCUT2D eigenvalue weighted by atomic mass is 9.88. The average Bonchev–Trinajstić information content (AvgIpc) is 2.96. The molecular weight excluding hydrogens is 500 g/mol.